The summed E-state index contributed by atoms with van der Waals surface area (Å²) in [5.74, 6) is 0.440. The molecule has 0 aromatic heterocycles. The van der Waals surface area contributed by atoms with E-state index in [1.165, 1.54) is 42.6 Å². The highest BCUT2D eigenvalue weighted by Crippen LogP contribution is 2.43. The highest BCUT2D eigenvalue weighted by atomic mass is 16.1. The minimum absolute atomic E-state index is 0.289. The molecule has 0 bridgehead atoms. The lowest BCUT2D eigenvalue weighted by molar-refractivity contribution is -0.118. The second kappa shape index (κ2) is 11.4. The van der Waals surface area contributed by atoms with Gasteiger partial charge in [-0.15, -0.1) is 0 Å². The summed E-state index contributed by atoms with van der Waals surface area (Å²) in [6.07, 6.45) is 9.15. The standard InChI is InChI=1S/C28H46N4O/c1-6-8-16-31-17-19-32(20-18-31)26-23(21-12-14-22(15-13-21)28(3,4)5)10-9-11-25(26)30-24(7-2)27(29)33/h9-12,22,24,30H,6-8,13-20H2,1-5H3,(H2,29,33). The molecule has 0 saturated carbocycles. The van der Waals surface area contributed by atoms with Gasteiger partial charge in [0.1, 0.15) is 6.04 Å². The zero-order valence-corrected chi connectivity index (χ0v) is 21.6. The van der Waals surface area contributed by atoms with Crippen molar-refractivity contribution in [3.63, 3.8) is 0 Å². The number of carbonyl (C=O) groups is 1. The number of allylic oxidation sites excluding steroid dienone is 2. The number of nitrogens with two attached hydrogens (primary N) is 1. The van der Waals surface area contributed by atoms with E-state index in [-0.39, 0.29) is 11.9 Å². The fraction of sp³-hybridized carbons (Fsp3) is 0.679. The van der Waals surface area contributed by atoms with Crippen LogP contribution in [0.25, 0.3) is 5.57 Å². The van der Waals surface area contributed by atoms with Crippen molar-refractivity contribution < 1.29 is 4.79 Å². The Kier molecular flexibility index (Phi) is 8.86. The molecule has 1 aliphatic carbocycles. The molecule has 1 heterocycles. The third-order valence-electron chi connectivity index (χ3n) is 7.62. The number of piperazine rings is 1. The van der Waals surface area contributed by atoms with Gasteiger partial charge < -0.3 is 16.0 Å². The van der Waals surface area contributed by atoms with Gasteiger partial charge in [-0.3, -0.25) is 9.69 Å². The summed E-state index contributed by atoms with van der Waals surface area (Å²) in [6.45, 7) is 16.7. The molecule has 1 amide bonds. The summed E-state index contributed by atoms with van der Waals surface area (Å²) in [7, 11) is 0. The highest BCUT2D eigenvalue weighted by molar-refractivity contribution is 5.89. The van der Waals surface area contributed by atoms with E-state index in [0.29, 0.717) is 11.8 Å². The van der Waals surface area contributed by atoms with Crippen LogP contribution < -0.4 is 16.0 Å². The van der Waals surface area contributed by atoms with Crippen LogP contribution in [0.5, 0.6) is 0 Å². The first-order valence-corrected chi connectivity index (χ1v) is 13.1. The second-order valence-electron chi connectivity index (χ2n) is 11.0. The first-order valence-electron chi connectivity index (χ1n) is 13.1. The maximum absolute atomic E-state index is 12.0. The van der Waals surface area contributed by atoms with Gasteiger partial charge in [0.05, 0.1) is 11.4 Å². The highest BCUT2D eigenvalue weighted by Gasteiger charge is 2.29. The van der Waals surface area contributed by atoms with Crippen molar-refractivity contribution in [2.24, 2.45) is 17.1 Å². The van der Waals surface area contributed by atoms with Crippen LogP contribution in [-0.2, 0) is 4.79 Å². The predicted molar refractivity (Wildman–Crippen MR) is 142 cm³/mol. The van der Waals surface area contributed by atoms with E-state index < -0.39 is 0 Å². The van der Waals surface area contributed by atoms with Crippen molar-refractivity contribution >= 4 is 22.9 Å². The van der Waals surface area contributed by atoms with E-state index in [0.717, 1.165) is 50.6 Å². The molecule has 2 unspecified atom stereocenters. The molecule has 1 saturated heterocycles. The van der Waals surface area contributed by atoms with Crippen molar-refractivity contribution in [1.82, 2.24) is 4.90 Å². The van der Waals surface area contributed by atoms with E-state index in [2.05, 4.69) is 67.1 Å². The SMILES string of the molecule is CCCCN1CCN(c2c(NC(CC)C(N)=O)cccc2C2=CCC(C(C)(C)C)CC2)CC1. The normalized spacial score (nSPS) is 20.9. The molecular formula is C28H46N4O. The average Bonchev–Trinajstić information content (AvgIpc) is 2.80. The number of nitrogens with one attached hydrogen (secondary N) is 1. The summed E-state index contributed by atoms with van der Waals surface area (Å²) >= 11 is 0. The molecule has 1 fully saturated rings. The van der Waals surface area contributed by atoms with Gasteiger partial charge in [-0.25, -0.2) is 0 Å². The Morgan fingerprint density at radius 2 is 1.91 bits per heavy atom. The van der Waals surface area contributed by atoms with Crippen LogP contribution in [0.1, 0.15) is 78.7 Å². The maximum atomic E-state index is 12.0. The van der Waals surface area contributed by atoms with Crippen LogP contribution in [0.2, 0.25) is 0 Å². The van der Waals surface area contributed by atoms with Gasteiger partial charge in [0.15, 0.2) is 0 Å². The summed E-state index contributed by atoms with van der Waals surface area (Å²) < 4.78 is 0. The van der Waals surface area contributed by atoms with Gasteiger partial charge in [-0.05, 0) is 61.6 Å². The smallest absolute Gasteiger partial charge is 0.239 e. The molecular weight excluding hydrogens is 408 g/mol. The molecule has 0 spiro atoms. The van der Waals surface area contributed by atoms with E-state index in [1.807, 2.05) is 6.92 Å². The Labute approximate surface area is 201 Å². The molecule has 2 aliphatic rings. The number of carbonyl (C=O) groups excluding carboxylic acids is 1. The lowest BCUT2D eigenvalue weighted by Gasteiger charge is -2.39. The van der Waals surface area contributed by atoms with Crippen molar-refractivity contribution in [3.8, 4) is 0 Å². The molecule has 2 atom stereocenters. The molecule has 3 N–H and O–H groups in total. The van der Waals surface area contributed by atoms with E-state index in [1.54, 1.807) is 0 Å². The number of primary amides is 1. The fourth-order valence-electron chi connectivity index (χ4n) is 5.26. The van der Waals surface area contributed by atoms with Gasteiger partial charge in [0, 0.05) is 31.7 Å². The fourth-order valence-corrected chi connectivity index (χ4v) is 5.26. The molecule has 1 aromatic carbocycles. The Morgan fingerprint density at radius 1 is 1.18 bits per heavy atom. The summed E-state index contributed by atoms with van der Waals surface area (Å²) in [5.41, 5.74) is 11.1. The Bertz CT molecular complexity index is 818. The number of unbranched alkanes of at least 4 members (excludes halogenated alkanes) is 1. The number of amides is 1. The lowest BCUT2D eigenvalue weighted by Crippen LogP contribution is -2.47. The molecule has 1 aliphatic heterocycles. The zero-order chi connectivity index (χ0) is 24.0. The van der Waals surface area contributed by atoms with Crippen LogP contribution in [0.15, 0.2) is 24.3 Å². The topological polar surface area (TPSA) is 61.6 Å². The van der Waals surface area contributed by atoms with Gasteiger partial charge in [0.25, 0.3) is 0 Å². The van der Waals surface area contributed by atoms with Crippen LogP contribution in [-0.4, -0.2) is 49.6 Å². The lowest BCUT2D eigenvalue weighted by atomic mass is 9.72. The zero-order valence-electron chi connectivity index (χ0n) is 21.6. The van der Waals surface area contributed by atoms with Crippen molar-refractivity contribution in [2.45, 2.75) is 79.2 Å². The van der Waals surface area contributed by atoms with Crippen LogP contribution >= 0.6 is 0 Å². The third kappa shape index (κ3) is 6.53. The Balaban J connectivity index is 1.91. The second-order valence-corrected chi connectivity index (χ2v) is 11.0. The number of rotatable bonds is 9. The average molecular weight is 455 g/mol. The molecule has 1 aromatic rings. The molecule has 0 radical (unpaired) electrons. The molecule has 5 heteroatoms. The summed E-state index contributed by atoms with van der Waals surface area (Å²) in [5, 5.41) is 3.50. The van der Waals surface area contributed by atoms with Crippen molar-refractivity contribution in [3.05, 3.63) is 29.8 Å². The third-order valence-corrected chi connectivity index (χ3v) is 7.62. The number of nitrogens with zero attached hydrogens (tertiary/aromatic N) is 2. The van der Waals surface area contributed by atoms with Crippen molar-refractivity contribution in [1.29, 1.82) is 0 Å². The monoisotopic (exact) mass is 454 g/mol. The van der Waals surface area contributed by atoms with Gasteiger partial charge in [0.2, 0.25) is 5.91 Å². The molecule has 184 valence electrons. The minimum Gasteiger partial charge on any atom is -0.372 e. The quantitative estimate of drug-likeness (QED) is 0.516. The van der Waals surface area contributed by atoms with E-state index in [4.69, 9.17) is 5.73 Å². The first-order chi connectivity index (χ1) is 15.7. The number of hydrogen-bond acceptors (Lipinski definition) is 4. The minimum atomic E-state index is -0.351. The van der Waals surface area contributed by atoms with Crippen LogP contribution in [0.3, 0.4) is 0 Å². The first kappa shape index (κ1) is 25.6. The number of benzene rings is 1. The Morgan fingerprint density at radius 3 is 2.45 bits per heavy atom. The predicted octanol–water partition coefficient (Wildman–Crippen LogP) is 5.51. The van der Waals surface area contributed by atoms with Crippen LogP contribution in [0.4, 0.5) is 11.4 Å². The van der Waals surface area contributed by atoms with Crippen molar-refractivity contribution in [2.75, 3.05) is 42.9 Å². The summed E-state index contributed by atoms with van der Waals surface area (Å²) in [4.78, 5) is 17.1. The molecule has 5 nitrogen and oxygen atoms in total. The number of para-hydroxylation sites is 1. The van der Waals surface area contributed by atoms with E-state index >= 15 is 0 Å². The van der Waals surface area contributed by atoms with Crippen LogP contribution in [0, 0.1) is 11.3 Å². The van der Waals surface area contributed by atoms with Gasteiger partial charge in [-0.1, -0.05) is 59.2 Å². The van der Waals surface area contributed by atoms with Gasteiger partial charge in [-0.2, -0.15) is 0 Å². The van der Waals surface area contributed by atoms with Gasteiger partial charge >= 0.3 is 0 Å². The maximum Gasteiger partial charge on any atom is 0.239 e. The number of anilines is 2. The molecule has 3 rings (SSSR count). The molecule has 33 heavy (non-hydrogen) atoms. The summed E-state index contributed by atoms with van der Waals surface area (Å²) in [6, 6.07) is 6.17. The largest absolute Gasteiger partial charge is 0.372 e. The Hall–Kier alpha value is -2.01. The van der Waals surface area contributed by atoms with E-state index in [9.17, 15) is 4.79 Å². The number of hydrogen-bond donors (Lipinski definition) is 2.